The first-order valence-electron chi connectivity index (χ1n) is 4.90. The van der Waals surface area contributed by atoms with E-state index in [9.17, 15) is 0 Å². The van der Waals surface area contributed by atoms with Crippen molar-refractivity contribution in [1.29, 1.82) is 0 Å². The number of nitrogens with zero attached hydrogens (tertiary/aromatic N) is 2. The fraction of sp³-hybridized carbons (Fsp3) is 0.273. The van der Waals surface area contributed by atoms with E-state index in [4.69, 9.17) is 9.57 Å². The molecule has 5 nitrogen and oxygen atoms in total. The Kier molecular flexibility index (Phi) is 2.87. The van der Waals surface area contributed by atoms with E-state index in [1.54, 1.807) is 14.2 Å². The molecule has 0 saturated heterocycles. The molecule has 0 aliphatic rings. The summed E-state index contributed by atoms with van der Waals surface area (Å²) in [6, 6.07) is 5.55. The van der Waals surface area contributed by atoms with Crippen molar-refractivity contribution in [2.75, 3.05) is 14.2 Å². The Bertz CT molecular complexity index is 514. The normalized spacial score (nSPS) is 10.4. The number of hydrogen-bond acceptors (Lipinski definition) is 5. The van der Waals surface area contributed by atoms with Crippen LogP contribution >= 0.6 is 0 Å². The number of hydrogen-bond donors (Lipinski definition) is 1. The molecular formula is C11H13N3O2. The van der Waals surface area contributed by atoms with Gasteiger partial charge in [0.1, 0.15) is 11.4 Å². The second-order valence-electron chi connectivity index (χ2n) is 3.28. The Morgan fingerprint density at radius 1 is 1.19 bits per heavy atom. The van der Waals surface area contributed by atoms with Gasteiger partial charge in [0.15, 0.2) is 0 Å². The summed E-state index contributed by atoms with van der Waals surface area (Å²) in [5, 5.41) is 0. The van der Waals surface area contributed by atoms with Gasteiger partial charge in [-0.3, -0.25) is 0 Å². The van der Waals surface area contributed by atoms with Crippen molar-refractivity contribution >= 4 is 11.0 Å². The largest absolute Gasteiger partial charge is 0.497 e. The third-order valence-electron chi connectivity index (χ3n) is 2.20. The second kappa shape index (κ2) is 4.32. The van der Waals surface area contributed by atoms with Crippen molar-refractivity contribution in [3.63, 3.8) is 0 Å². The Morgan fingerprint density at radius 3 is 2.69 bits per heavy atom. The zero-order chi connectivity index (χ0) is 11.5. The van der Waals surface area contributed by atoms with Crippen LogP contribution in [0.15, 0.2) is 18.2 Å². The van der Waals surface area contributed by atoms with E-state index < -0.39 is 0 Å². The van der Waals surface area contributed by atoms with E-state index in [-0.39, 0.29) is 0 Å². The highest BCUT2D eigenvalue weighted by atomic mass is 16.6. The molecule has 0 saturated carbocycles. The van der Waals surface area contributed by atoms with Crippen molar-refractivity contribution < 1.29 is 9.57 Å². The monoisotopic (exact) mass is 219 g/mol. The molecule has 2 aromatic rings. The summed E-state index contributed by atoms with van der Waals surface area (Å²) in [5.74, 6) is 1.23. The van der Waals surface area contributed by atoms with Crippen molar-refractivity contribution in [2.24, 2.45) is 0 Å². The van der Waals surface area contributed by atoms with Crippen molar-refractivity contribution in [3.8, 4) is 11.6 Å². The fourth-order valence-electron chi connectivity index (χ4n) is 1.43. The van der Waals surface area contributed by atoms with Crippen LogP contribution in [-0.4, -0.2) is 24.1 Å². The molecule has 0 amide bonds. The molecule has 1 aromatic carbocycles. The van der Waals surface area contributed by atoms with Crippen LogP contribution in [-0.2, 0) is 0 Å². The Hall–Kier alpha value is -1.88. The highest BCUT2D eigenvalue weighted by Crippen LogP contribution is 2.21. The topological polar surface area (TPSA) is 56.3 Å². The summed E-state index contributed by atoms with van der Waals surface area (Å²) in [7, 11) is 3.30. The van der Waals surface area contributed by atoms with Crippen molar-refractivity contribution in [2.45, 2.75) is 6.92 Å². The molecule has 1 aromatic heterocycles. The maximum absolute atomic E-state index is 5.15. The van der Waals surface area contributed by atoms with E-state index in [0.717, 1.165) is 22.5 Å². The van der Waals surface area contributed by atoms with Gasteiger partial charge in [-0.15, -0.1) is 0 Å². The lowest BCUT2D eigenvalue weighted by atomic mass is 10.2. The molecule has 0 unspecified atom stereocenters. The van der Waals surface area contributed by atoms with Crippen molar-refractivity contribution in [1.82, 2.24) is 15.4 Å². The number of ether oxygens (including phenoxy) is 1. The summed E-state index contributed by atoms with van der Waals surface area (Å²) in [5.41, 5.74) is 4.89. The highest BCUT2D eigenvalue weighted by Gasteiger charge is 2.06. The number of aryl methyl sites for hydroxylation is 1. The molecule has 16 heavy (non-hydrogen) atoms. The summed E-state index contributed by atoms with van der Waals surface area (Å²) >= 11 is 0. The van der Waals surface area contributed by atoms with Gasteiger partial charge in [0, 0.05) is 13.1 Å². The predicted octanol–water partition coefficient (Wildman–Crippen LogP) is 1.46. The van der Waals surface area contributed by atoms with Crippen LogP contribution in [0.1, 0.15) is 5.69 Å². The lowest BCUT2D eigenvalue weighted by molar-refractivity contribution is 0.212. The smallest absolute Gasteiger partial charge is 0.259 e. The summed E-state index contributed by atoms with van der Waals surface area (Å²) < 4.78 is 5.13. The van der Waals surface area contributed by atoms with E-state index in [1.807, 2.05) is 25.1 Å². The molecule has 0 bridgehead atoms. The number of fused-ring (bicyclic) bond motifs is 1. The maximum atomic E-state index is 5.15. The molecule has 1 N–H and O–H groups in total. The average Bonchev–Trinajstić information content (AvgIpc) is 2.30. The summed E-state index contributed by atoms with van der Waals surface area (Å²) in [4.78, 5) is 13.9. The van der Waals surface area contributed by atoms with Gasteiger partial charge in [0.05, 0.1) is 18.1 Å². The van der Waals surface area contributed by atoms with Crippen molar-refractivity contribution in [3.05, 3.63) is 23.9 Å². The standard InChI is InChI=1S/C11H13N3O2/c1-7-11(16-12-2)14-10-6-8(15-3)4-5-9(10)13-7/h4-6,12H,1-3H3. The Morgan fingerprint density at radius 2 is 2.00 bits per heavy atom. The third kappa shape index (κ3) is 1.90. The number of rotatable bonds is 3. The van der Waals surface area contributed by atoms with E-state index in [1.165, 1.54) is 0 Å². The lowest BCUT2D eigenvalue weighted by Crippen LogP contribution is -2.13. The predicted molar refractivity (Wildman–Crippen MR) is 60.5 cm³/mol. The van der Waals surface area contributed by atoms with Gasteiger partial charge < -0.3 is 9.57 Å². The third-order valence-corrected chi connectivity index (χ3v) is 2.20. The first kappa shape index (κ1) is 10.6. The number of benzene rings is 1. The summed E-state index contributed by atoms with van der Waals surface area (Å²) in [6.45, 7) is 1.85. The lowest BCUT2D eigenvalue weighted by Gasteiger charge is -2.07. The molecule has 0 aliphatic heterocycles. The highest BCUT2D eigenvalue weighted by molar-refractivity contribution is 5.76. The minimum Gasteiger partial charge on any atom is -0.497 e. The summed E-state index contributed by atoms with van der Waals surface area (Å²) in [6.07, 6.45) is 0. The molecule has 0 radical (unpaired) electrons. The van der Waals surface area contributed by atoms with Gasteiger partial charge in [-0.05, 0) is 19.1 Å². The molecule has 0 atom stereocenters. The van der Waals surface area contributed by atoms with E-state index >= 15 is 0 Å². The SMILES string of the molecule is CNOc1nc2cc(OC)ccc2nc1C. The quantitative estimate of drug-likeness (QED) is 0.792. The minimum atomic E-state index is 0.475. The Balaban J connectivity index is 2.56. The zero-order valence-corrected chi connectivity index (χ0v) is 9.44. The van der Waals surface area contributed by atoms with E-state index in [2.05, 4.69) is 15.4 Å². The first-order valence-corrected chi connectivity index (χ1v) is 4.90. The molecule has 0 aliphatic carbocycles. The molecule has 0 spiro atoms. The first-order chi connectivity index (χ1) is 7.74. The number of aromatic nitrogens is 2. The molecule has 2 rings (SSSR count). The van der Waals surface area contributed by atoms with Crippen LogP contribution in [0, 0.1) is 6.92 Å². The van der Waals surface area contributed by atoms with Gasteiger partial charge >= 0.3 is 0 Å². The van der Waals surface area contributed by atoms with Crippen LogP contribution in [0.25, 0.3) is 11.0 Å². The van der Waals surface area contributed by atoms with Crippen LogP contribution < -0.4 is 15.1 Å². The molecule has 5 heteroatoms. The van der Waals surface area contributed by atoms with Gasteiger partial charge in [0.25, 0.3) is 5.88 Å². The minimum absolute atomic E-state index is 0.475. The zero-order valence-electron chi connectivity index (χ0n) is 9.44. The molecular weight excluding hydrogens is 206 g/mol. The second-order valence-corrected chi connectivity index (χ2v) is 3.28. The van der Waals surface area contributed by atoms with Crippen LogP contribution in [0.2, 0.25) is 0 Å². The van der Waals surface area contributed by atoms with Gasteiger partial charge in [-0.1, -0.05) is 0 Å². The Labute approximate surface area is 93.4 Å². The van der Waals surface area contributed by atoms with Crippen LogP contribution in [0.3, 0.4) is 0 Å². The number of nitrogens with one attached hydrogen (secondary N) is 1. The van der Waals surface area contributed by atoms with Crippen LogP contribution in [0.5, 0.6) is 11.6 Å². The fourth-order valence-corrected chi connectivity index (χ4v) is 1.43. The van der Waals surface area contributed by atoms with E-state index in [0.29, 0.717) is 5.88 Å². The van der Waals surface area contributed by atoms with Crippen LogP contribution in [0.4, 0.5) is 0 Å². The number of hydroxylamine groups is 1. The number of methoxy groups -OCH3 is 1. The average molecular weight is 219 g/mol. The molecule has 0 fully saturated rings. The molecule has 84 valence electrons. The van der Waals surface area contributed by atoms with Gasteiger partial charge in [-0.2, -0.15) is 5.48 Å². The molecule has 1 heterocycles. The van der Waals surface area contributed by atoms with Gasteiger partial charge in [0.2, 0.25) is 0 Å². The van der Waals surface area contributed by atoms with Gasteiger partial charge in [-0.25, -0.2) is 9.97 Å². The maximum Gasteiger partial charge on any atom is 0.259 e.